The third-order valence-electron chi connectivity index (χ3n) is 3.15. The molecule has 2 aromatic heterocycles. The van der Waals surface area contributed by atoms with E-state index in [2.05, 4.69) is 11.5 Å². The van der Waals surface area contributed by atoms with Crippen molar-refractivity contribution < 1.29 is 18.7 Å². The standard InChI is InChI=1S/C17H23NO4/c1-3-8-20-13-15(19)10-18(11-16-5-4-9-21-16)12-17-7-6-14(2)22-17/h3-7,9,15,19H,1,8,10-13H2,2H3/t15-/m1/s1. The Kier molecular flexibility index (Phi) is 6.45. The van der Waals surface area contributed by atoms with Crippen molar-refractivity contribution in [2.75, 3.05) is 19.8 Å². The number of ether oxygens (including phenoxy) is 1. The van der Waals surface area contributed by atoms with Gasteiger partial charge in [0.25, 0.3) is 0 Å². The van der Waals surface area contributed by atoms with Crippen molar-refractivity contribution in [1.29, 1.82) is 0 Å². The molecule has 2 aromatic rings. The van der Waals surface area contributed by atoms with Gasteiger partial charge in [-0.25, -0.2) is 0 Å². The van der Waals surface area contributed by atoms with Crippen LogP contribution in [0.2, 0.25) is 0 Å². The topological polar surface area (TPSA) is 59.0 Å². The van der Waals surface area contributed by atoms with Crippen molar-refractivity contribution in [3.8, 4) is 0 Å². The minimum atomic E-state index is -0.578. The van der Waals surface area contributed by atoms with Crippen LogP contribution >= 0.6 is 0 Å². The minimum absolute atomic E-state index is 0.276. The molecule has 0 radical (unpaired) electrons. The molecule has 0 unspecified atom stereocenters. The highest BCUT2D eigenvalue weighted by molar-refractivity contribution is 5.06. The van der Waals surface area contributed by atoms with Crippen molar-refractivity contribution in [2.45, 2.75) is 26.1 Å². The zero-order chi connectivity index (χ0) is 15.8. The number of nitrogens with zero attached hydrogens (tertiary/aromatic N) is 1. The van der Waals surface area contributed by atoms with E-state index in [4.69, 9.17) is 13.6 Å². The fraction of sp³-hybridized carbons (Fsp3) is 0.412. The maximum atomic E-state index is 10.1. The van der Waals surface area contributed by atoms with Gasteiger partial charge in [-0.3, -0.25) is 4.90 Å². The minimum Gasteiger partial charge on any atom is -0.468 e. The number of hydrogen-bond donors (Lipinski definition) is 1. The summed E-state index contributed by atoms with van der Waals surface area (Å²) in [5.74, 6) is 2.59. The summed E-state index contributed by atoms with van der Waals surface area (Å²) >= 11 is 0. The quantitative estimate of drug-likeness (QED) is 0.540. The molecule has 0 spiro atoms. The van der Waals surface area contributed by atoms with Crippen molar-refractivity contribution in [2.24, 2.45) is 0 Å². The largest absolute Gasteiger partial charge is 0.468 e. The average Bonchev–Trinajstić information content (AvgIpc) is 3.11. The molecular weight excluding hydrogens is 282 g/mol. The molecule has 1 N–H and O–H groups in total. The third kappa shape index (κ3) is 5.52. The van der Waals surface area contributed by atoms with Gasteiger partial charge in [-0.1, -0.05) is 6.08 Å². The van der Waals surface area contributed by atoms with Gasteiger partial charge in [0.05, 0.1) is 38.7 Å². The molecule has 0 fully saturated rings. The highest BCUT2D eigenvalue weighted by Crippen LogP contribution is 2.13. The van der Waals surface area contributed by atoms with Gasteiger partial charge in [0.15, 0.2) is 0 Å². The molecule has 120 valence electrons. The number of rotatable bonds is 10. The smallest absolute Gasteiger partial charge is 0.118 e. The summed E-state index contributed by atoms with van der Waals surface area (Å²) < 4.78 is 16.3. The van der Waals surface area contributed by atoms with Crippen LogP contribution in [0.3, 0.4) is 0 Å². The molecule has 5 heteroatoms. The summed E-state index contributed by atoms with van der Waals surface area (Å²) in [6.45, 7) is 7.89. The molecule has 5 nitrogen and oxygen atoms in total. The maximum Gasteiger partial charge on any atom is 0.118 e. The van der Waals surface area contributed by atoms with E-state index >= 15 is 0 Å². The first-order valence-electron chi connectivity index (χ1n) is 7.34. The maximum absolute atomic E-state index is 10.1. The van der Waals surface area contributed by atoms with Crippen LogP contribution in [0, 0.1) is 6.92 Å². The highest BCUT2D eigenvalue weighted by atomic mass is 16.5. The van der Waals surface area contributed by atoms with E-state index in [0.29, 0.717) is 26.2 Å². The number of aliphatic hydroxyl groups is 1. The molecule has 0 aliphatic rings. The Morgan fingerprint density at radius 1 is 1.32 bits per heavy atom. The van der Waals surface area contributed by atoms with Crippen LogP contribution in [0.4, 0.5) is 0 Å². The predicted octanol–water partition coefficient (Wildman–Crippen LogP) is 2.75. The normalized spacial score (nSPS) is 12.7. The van der Waals surface area contributed by atoms with Crippen LogP contribution in [-0.4, -0.2) is 35.9 Å². The molecule has 0 saturated carbocycles. The lowest BCUT2D eigenvalue weighted by Gasteiger charge is -2.23. The first-order valence-corrected chi connectivity index (χ1v) is 7.34. The molecule has 0 amide bonds. The van der Waals surface area contributed by atoms with Crippen molar-refractivity contribution in [3.05, 3.63) is 60.5 Å². The van der Waals surface area contributed by atoms with Crippen molar-refractivity contribution in [3.63, 3.8) is 0 Å². The monoisotopic (exact) mass is 305 g/mol. The Morgan fingerprint density at radius 3 is 2.77 bits per heavy atom. The second kappa shape index (κ2) is 8.58. The Labute approximate surface area is 130 Å². The molecule has 22 heavy (non-hydrogen) atoms. The van der Waals surface area contributed by atoms with E-state index in [1.54, 1.807) is 12.3 Å². The lowest BCUT2D eigenvalue weighted by atomic mass is 10.3. The van der Waals surface area contributed by atoms with Gasteiger partial charge >= 0.3 is 0 Å². The zero-order valence-corrected chi connectivity index (χ0v) is 12.9. The molecule has 2 heterocycles. The zero-order valence-electron chi connectivity index (χ0n) is 12.9. The van der Waals surface area contributed by atoms with E-state index in [0.717, 1.165) is 17.3 Å². The van der Waals surface area contributed by atoms with Crippen LogP contribution in [0.25, 0.3) is 0 Å². The second-order valence-corrected chi connectivity index (χ2v) is 5.24. The van der Waals surface area contributed by atoms with Crippen LogP contribution in [0.5, 0.6) is 0 Å². The van der Waals surface area contributed by atoms with Crippen LogP contribution in [0.15, 0.2) is 52.0 Å². The van der Waals surface area contributed by atoms with Gasteiger partial charge in [0.2, 0.25) is 0 Å². The molecular formula is C17H23NO4. The van der Waals surface area contributed by atoms with E-state index < -0.39 is 6.10 Å². The second-order valence-electron chi connectivity index (χ2n) is 5.24. The average molecular weight is 305 g/mol. The van der Waals surface area contributed by atoms with Gasteiger partial charge in [-0.05, 0) is 31.2 Å². The molecule has 0 aliphatic carbocycles. The summed E-state index contributed by atoms with van der Waals surface area (Å²) in [6, 6.07) is 7.66. The van der Waals surface area contributed by atoms with E-state index in [-0.39, 0.29) is 6.61 Å². The Hall–Kier alpha value is -1.82. The fourth-order valence-corrected chi connectivity index (χ4v) is 2.24. The number of furan rings is 2. The summed E-state index contributed by atoms with van der Waals surface area (Å²) in [7, 11) is 0. The van der Waals surface area contributed by atoms with Gasteiger partial charge in [-0.15, -0.1) is 6.58 Å². The summed E-state index contributed by atoms with van der Waals surface area (Å²) in [6.07, 6.45) is 2.73. The summed E-state index contributed by atoms with van der Waals surface area (Å²) in [4.78, 5) is 2.07. The lowest BCUT2D eigenvalue weighted by molar-refractivity contribution is 0.0202. The van der Waals surface area contributed by atoms with Gasteiger partial charge < -0.3 is 18.7 Å². The highest BCUT2D eigenvalue weighted by Gasteiger charge is 2.15. The number of aliphatic hydroxyl groups excluding tert-OH is 1. The van der Waals surface area contributed by atoms with Gasteiger partial charge in [-0.2, -0.15) is 0 Å². The van der Waals surface area contributed by atoms with E-state index in [9.17, 15) is 5.11 Å². The summed E-state index contributed by atoms with van der Waals surface area (Å²) in [5, 5.41) is 10.1. The van der Waals surface area contributed by atoms with Crippen molar-refractivity contribution in [1.82, 2.24) is 4.90 Å². The molecule has 0 aliphatic heterocycles. The van der Waals surface area contributed by atoms with E-state index in [1.807, 2.05) is 31.2 Å². The van der Waals surface area contributed by atoms with Crippen LogP contribution in [0.1, 0.15) is 17.3 Å². The van der Waals surface area contributed by atoms with Crippen LogP contribution in [-0.2, 0) is 17.8 Å². The predicted molar refractivity (Wildman–Crippen MR) is 83.3 cm³/mol. The Bertz CT molecular complexity index is 547. The molecule has 0 aromatic carbocycles. The summed E-state index contributed by atoms with van der Waals surface area (Å²) in [5.41, 5.74) is 0. The fourth-order valence-electron chi connectivity index (χ4n) is 2.24. The third-order valence-corrected chi connectivity index (χ3v) is 3.15. The van der Waals surface area contributed by atoms with Gasteiger partial charge in [0, 0.05) is 6.54 Å². The van der Waals surface area contributed by atoms with Crippen LogP contribution < -0.4 is 0 Å². The Morgan fingerprint density at radius 2 is 2.14 bits per heavy atom. The first-order chi connectivity index (χ1) is 10.7. The number of hydrogen-bond acceptors (Lipinski definition) is 5. The molecule has 0 bridgehead atoms. The molecule has 1 atom stereocenters. The number of aryl methyl sites for hydroxylation is 1. The Balaban J connectivity index is 1.93. The van der Waals surface area contributed by atoms with Crippen molar-refractivity contribution >= 4 is 0 Å². The van der Waals surface area contributed by atoms with E-state index in [1.165, 1.54) is 0 Å². The lowest BCUT2D eigenvalue weighted by Crippen LogP contribution is -2.34. The SMILES string of the molecule is C=CCOC[C@H](O)CN(Cc1ccco1)Cc1ccc(C)o1. The first kappa shape index (κ1) is 16.5. The molecule has 0 saturated heterocycles. The van der Waals surface area contributed by atoms with Gasteiger partial charge in [0.1, 0.15) is 17.3 Å². The molecule has 2 rings (SSSR count).